The van der Waals surface area contributed by atoms with Crippen LogP contribution in [0.25, 0.3) is 0 Å². The molecule has 0 aromatic carbocycles. The van der Waals surface area contributed by atoms with Gasteiger partial charge < -0.3 is 14.0 Å². The first kappa shape index (κ1) is 17.7. The summed E-state index contributed by atoms with van der Waals surface area (Å²) in [5.74, 6) is 1.27. The molecule has 0 bridgehead atoms. The molecule has 25 heavy (non-hydrogen) atoms. The van der Waals surface area contributed by atoms with Crippen molar-refractivity contribution in [1.29, 1.82) is 0 Å². The average molecular weight is 345 g/mol. The van der Waals surface area contributed by atoms with Gasteiger partial charge in [-0.15, -0.1) is 0 Å². The highest BCUT2D eigenvalue weighted by Crippen LogP contribution is 2.26. The van der Waals surface area contributed by atoms with Crippen molar-refractivity contribution in [3.63, 3.8) is 0 Å². The molecule has 1 saturated heterocycles. The van der Waals surface area contributed by atoms with Gasteiger partial charge in [-0.3, -0.25) is 9.69 Å². The number of rotatable bonds is 3. The van der Waals surface area contributed by atoms with Gasteiger partial charge in [0, 0.05) is 37.1 Å². The van der Waals surface area contributed by atoms with Gasteiger partial charge in [0.1, 0.15) is 6.04 Å². The number of amides is 1. The summed E-state index contributed by atoms with van der Waals surface area (Å²) >= 11 is 0. The Bertz CT molecular complexity index is 777. The molecule has 1 aliphatic rings. The minimum absolute atomic E-state index is 0.0625. The Morgan fingerprint density at radius 2 is 2.00 bits per heavy atom. The Kier molecular flexibility index (Phi) is 4.69. The van der Waals surface area contributed by atoms with Crippen molar-refractivity contribution in [2.45, 2.75) is 46.7 Å². The summed E-state index contributed by atoms with van der Waals surface area (Å²) in [7, 11) is 2.02. The molecule has 1 amide bonds. The van der Waals surface area contributed by atoms with E-state index in [0.717, 1.165) is 23.5 Å². The molecule has 1 fully saturated rings. The molecule has 2 aromatic heterocycles. The Morgan fingerprint density at radius 3 is 2.56 bits per heavy atom. The molecular formula is C18H27N5O2. The summed E-state index contributed by atoms with van der Waals surface area (Å²) in [4.78, 5) is 21.5. The van der Waals surface area contributed by atoms with Crippen molar-refractivity contribution in [3.05, 3.63) is 34.7 Å². The fourth-order valence-corrected chi connectivity index (χ4v) is 3.73. The Labute approximate surface area is 148 Å². The molecule has 0 aliphatic carbocycles. The van der Waals surface area contributed by atoms with Crippen molar-refractivity contribution in [2.24, 2.45) is 0 Å². The molecule has 0 unspecified atom stereocenters. The zero-order valence-electron chi connectivity index (χ0n) is 15.9. The van der Waals surface area contributed by atoms with Gasteiger partial charge in [-0.2, -0.15) is 4.98 Å². The second-order valence-corrected chi connectivity index (χ2v) is 7.18. The highest BCUT2D eigenvalue weighted by Gasteiger charge is 2.33. The fourth-order valence-electron chi connectivity index (χ4n) is 3.73. The number of hydrogen-bond acceptors (Lipinski definition) is 5. The van der Waals surface area contributed by atoms with Crippen LogP contribution in [-0.4, -0.2) is 57.1 Å². The van der Waals surface area contributed by atoms with E-state index < -0.39 is 0 Å². The molecular weight excluding hydrogens is 318 g/mol. The molecule has 0 spiro atoms. The quantitative estimate of drug-likeness (QED) is 0.855. The van der Waals surface area contributed by atoms with E-state index in [0.29, 0.717) is 30.8 Å². The minimum Gasteiger partial charge on any atom is -0.346 e. The number of piperazine rings is 1. The first-order valence-electron chi connectivity index (χ1n) is 8.77. The molecule has 3 rings (SSSR count). The summed E-state index contributed by atoms with van der Waals surface area (Å²) in [6.45, 7) is 12.2. The topological polar surface area (TPSA) is 67.4 Å². The van der Waals surface area contributed by atoms with Gasteiger partial charge in [0.15, 0.2) is 5.82 Å². The van der Waals surface area contributed by atoms with Crippen molar-refractivity contribution >= 4 is 5.91 Å². The zero-order chi connectivity index (χ0) is 18.3. The van der Waals surface area contributed by atoms with Crippen LogP contribution in [0.15, 0.2) is 10.6 Å². The highest BCUT2D eigenvalue weighted by molar-refractivity contribution is 5.95. The SMILES string of the molecule is Cc1noc([C@H]2CN(C(=O)c3cc(C)n(C(C)C)c3C)CCN2C)n1. The predicted octanol–water partition coefficient (Wildman–Crippen LogP) is 2.51. The van der Waals surface area contributed by atoms with E-state index in [4.69, 9.17) is 4.52 Å². The van der Waals surface area contributed by atoms with Crippen LogP contribution in [-0.2, 0) is 0 Å². The first-order chi connectivity index (χ1) is 11.8. The van der Waals surface area contributed by atoms with Crippen LogP contribution in [0.4, 0.5) is 0 Å². The number of carbonyl (C=O) groups excluding carboxylic acids is 1. The lowest BCUT2D eigenvalue weighted by molar-refractivity contribution is 0.0488. The summed E-state index contributed by atoms with van der Waals surface area (Å²) in [6.07, 6.45) is 0. The first-order valence-corrected chi connectivity index (χ1v) is 8.77. The smallest absolute Gasteiger partial charge is 0.255 e. The standard InChI is InChI=1S/C18H27N5O2/c1-11(2)23-12(3)9-15(13(23)4)18(24)22-8-7-21(6)16(10-22)17-19-14(5)20-25-17/h9,11,16H,7-8,10H2,1-6H3/t16-/m1/s1. The molecule has 0 N–H and O–H groups in total. The lowest BCUT2D eigenvalue weighted by atomic mass is 10.1. The van der Waals surface area contributed by atoms with Gasteiger partial charge in [-0.05, 0) is 47.7 Å². The van der Waals surface area contributed by atoms with Gasteiger partial charge in [0.2, 0.25) is 5.89 Å². The third-order valence-corrected chi connectivity index (χ3v) is 4.99. The average Bonchev–Trinajstić information content (AvgIpc) is 3.10. The molecule has 1 aliphatic heterocycles. The second-order valence-electron chi connectivity index (χ2n) is 7.18. The van der Waals surface area contributed by atoms with Gasteiger partial charge in [0.25, 0.3) is 5.91 Å². The second kappa shape index (κ2) is 6.63. The van der Waals surface area contributed by atoms with Crippen LogP contribution in [0.5, 0.6) is 0 Å². The number of carbonyl (C=O) groups is 1. The summed E-state index contributed by atoms with van der Waals surface area (Å²) in [5, 5.41) is 3.88. The van der Waals surface area contributed by atoms with Gasteiger partial charge in [-0.25, -0.2) is 0 Å². The molecule has 2 aromatic rings. The van der Waals surface area contributed by atoms with E-state index in [9.17, 15) is 4.79 Å². The number of aromatic nitrogens is 3. The number of nitrogens with zero attached hydrogens (tertiary/aromatic N) is 5. The number of hydrogen-bond donors (Lipinski definition) is 0. The lowest BCUT2D eigenvalue weighted by Crippen LogP contribution is -2.49. The van der Waals surface area contributed by atoms with Gasteiger partial charge in [-0.1, -0.05) is 5.16 Å². The Balaban J connectivity index is 1.84. The van der Waals surface area contributed by atoms with E-state index in [-0.39, 0.29) is 11.9 Å². The number of likely N-dealkylation sites (N-methyl/N-ethyl adjacent to an activating group) is 1. The summed E-state index contributed by atoms with van der Waals surface area (Å²) in [5.41, 5.74) is 2.94. The molecule has 136 valence electrons. The normalized spacial score (nSPS) is 19.0. The van der Waals surface area contributed by atoms with Crippen LogP contribution in [0.1, 0.15) is 59.4 Å². The van der Waals surface area contributed by atoms with E-state index in [1.54, 1.807) is 6.92 Å². The van der Waals surface area contributed by atoms with Gasteiger partial charge in [0.05, 0.1) is 5.56 Å². The molecule has 0 radical (unpaired) electrons. The third-order valence-electron chi connectivity index (χ3n) is 4.99. The van der Waals surface area contributed by atoms with Crippen molar-refractivity contribution < 1.29 is 9.32 Å². The molecule has 7 heteroatoms. The zero-order valence-corrected chi connectivity index (χ0v) is 15.9. The summed E-state index contributed by atoms with van der Waals surface area (Å²) in [6, 6.07) is 2.28. The van der Waals surface area contributed by atoms with Crippen LogP contribution < -0.4 is 0 Å². The van der Waals surface area contributed by atoms with Crippen molar-refractivity contribution in [2.75, 3.05) is 26.7 Å². The van der Waals surface area contributed by atoms with Crippen LogP contribution in [0.3, 0.4) is 0 Å². The van der Waals surface area contributed by atoms with E-state index >= 15 is 0 Å². The van der Waals surface area contributed by atoms with Gasteiger partial charge >= 0.3 is 0 Å². The van der Waals surface area contributed by atoms with E-state index in [1.165, 1.54) is 0 Å². The third kappa shape index (κ3) is 3.20. The maximum Gasteiger partial charge on any atom is 0.255 e. The molecule has 3 heterocycles. The Hall–Kier alpha value is -2.15. The predicted molar refractivity (Wildman–Crippen MR) is 94.6 cm³/mol. The van der Waals surface area contributed by atoms with E-state index in [2.05, 4.69) is 40.4 Å². The van der Waals surface area contributed by atoms with Crippen LogP contribution in [0.2, 0.25) is 0 Å². The van der Waals surface area contributed by atoms with E-state index in [1.807, 2.05) is 24.9 Å². The minimum atomic E-state index is -0.0625. The number of aryl methyl sites for hydroxylation is 2. The Morgan fingerprint density at radius 1 is 1.28 bits per heavy atom. The molecule has 1 atom stereocenters. The van der Waals surface area contributed by atoms with Crippen molar-refractivity contribution in [3.8, 4) is 0 Å². The van der Waals surface area contributed by atoms with Crippen LogP contribution >= 0.6 is 0 Å². The summed E-state index contributed by atoms with van der Waals surface area (Å²) < 4.78 is 7.55. The maximum atomic E-state index is 13.1. The highest BCUT2D eigenvalue weighted by atomic mass is 16.5. The lowest BCUT2D eigenvalue weighted by Gasteiger charge is -2.37. The monoisotopic (exact) mass is 345 g/mol. The maximum absolute atomic E-state index is 13.1. The molecule has 0 saturated carbocycles. The largest absolute Gasteiger partial charge is 0.346 e. The molecule has 7 nitrogen and oxygen atoms in total. The van der Waals surface area contributed by atoms with Crippen LogP contribution in [0, 0.1) is 20.8 Å². The van der Waals surface area contributed by atoms with Crippen molar-refractivity contribution in [1.82, 2.24) is 24.5 Å². The fraction of sp³-hybridized carbons (Fsp3) is 0.611.